The molecule has 1 heteroatoms. The van der Waals surface area contributed by atoms with Crippen LogP contribution in [0.15, 0.2) is 0 Å². The number of likely N-dealkylation sites (tertiary alicyclic amines) is 1. The number of nitrogens with zero attached hydrogens (tertiary/aromatic N) is 1. The molecule has 0 radical (unpaired) electrons. The van der Waals surface area contributed by atoms with Gasteiger partial charge < -0.3 is 4.90 Å². The highest BCUT2D eigenvalue weighted by atomic mass is 15.1. The Hall–Kier alpha value is -0.0400. The fourth-order valence-corrected chi connectivity index (χ4v) is 1.42. The van der Waals surface area contributed by atoms with Gasteiger partial charge in [-0.1, -0.05) is 13.8 Å². The molecule has 48 valence electrons. The van der Waals surface area contributed by atoms with Crippen LogP contribution >= 0.6 is 0 Å². The molecule has 0 spiro atoms. The van der Waals surface area contributed by atoms with Gasteiger partial charge in [-0.3, -0.25) is 0 Å². The van der Waals surface area contributed by atoms with Crippen LogP contribution in [0, 0.1) is 11.8 Å². The second kappa shape index (κ2) is 2.06. The Bertz CT molecular complexity index is 70.5. The second-order valence-electron chi connectivity index (χ2n) is 3.18. The summed E-state index contributed by atoms with van der Waals surface area (Å²) in [6, 6.07) is 0. The van der Waals surface area contributed by atoms with Crippen LogP contribution < -0.4 is 0 Å². The lowest BCUT2D eigenvalue weighted by Crippen LogP contribution is -2.13. The van der Waals surface area contributed by atoms with E-state index >= 15 is 0 Å². The van der Waals surface area contributed by atoms with E-state index in [0.29, 0.717) is 0 Å². The first kappa shape index (κ1) is 6.09. The van der Waals surface area contributed by atoms with Crippen LogP contribution in [0.2, 0.25) is 0 Å². The van der Waals surface area contributed by atoms with E-state index < -0.39 is 0 Å². The molecule has 0 N–H and O–H groups in total. The van der Waals surface area contributed by atoms with Crippen molar-refractivity contribution in [3.05, 3.63) is 0 Å². The van der Waals surface area contributed by atoms with Crippen molar-refractivity contribution >= 4 is 0 Å². The Morgan fingerprint density at radius 2 is 1.50 bits per heavy atom. The van der Waals surface area contributed by atoms with Crippen LogP contribution in [-0.2, 0) is 0 Å². The summed E-state index contributed by atoms with van der Waals surface area (Å²) in [5, 5.41) is 0. The van der Waals surface area contributed by atoms with E-state index in [1.165, 1.54) is 13.1 Å². The Labute approximate surface area is 51.7 Å². The van der Waals surface area contributed by atoms with Gasteiger partial charge in [-0.2, -0.15) is 0 Å². The van der Waals surface area contributed by atoms with Gasteiger partial charge in [0.15, 0.2) is 0 Å². The van der Waals surface area contributed by atoms with E-state index in [2.05, 4.69) is 25.8 Å². The minimum absolute atomic E-state index is 0.917. The molecule has 0 aromatic rings. The predicted octanol–water partition coefficient (Wildman–Crippen LogP) is 1.20. The molecular formula is C7H15N. The van der Waals surface area contributed by atoms with Gasteiger partial charge in [0.1, 0.15) is 0 Å². The van der Waals surface area contributed by atoms with Gasteiger partial charge in [0.05, 0.1) is 0 Å². The normalized spacial score (nSPS) is 40.9. The lowest BCUT2D eigenvalue weighted by molar-refractivity contribution is 0.398. The Morgan fingerprint density at radius 1 is 1.12 bits per heavy atom. The van der Waals surface area contributed by atoms with Gasteiger partial charge >= 0.3 is 0 Å². The van der Waals surface area contributed by atoms with E-state index in [-0.39, 0.29) is 0 Å². The third kappa shape index (κ3) is 1.03. The Kier molecular flexibility index (Phi) is 1.57. The molecule has 1 fully saturated rings. The van der Waals surface area contributed by atoms with E-state index in [9.17, 15) is 0 Å². The molecule has 0 aliphatic carbocycles. The summed E-state index contributed by atoms with van der Waals surface area (Å²) in [6.45, 7) is 7.24. The smallest absolute Gasteiger partial charge is 0.000711 e. The minimum Gasteiger partial charge on any atom is -0.306 e. The molecule has 8 heavy (non-hydrogen) atoms. The lowest BCUT2D eigenvalue weighted by Gasteiger charge is -2.03. The lowest BCUT2D eigenvalue weighted by atomic mass is 10.0. The molecule has 1 nitrogen and oxygen atoms in total. The van der Waals surface area contributed by atoms with E-state index in [4.69, 9.17) is 0 Å². The quantitative estimate of drug-likeness (QED) is 0.456. The highest BCUT2D eigenvalue weighted by molar-refractivity contribution is 4.75. The predicted molar refractivity (Wildman–Crippen MR) is 35.8 cm³/mol. The molecule has 1 heterocycles. The van der Waals surface area contributed by atoms with Crippen molar-refractivity contribution < 1.29 is 0 Å². The van der Waals surface area contributed by atoms with Crippen LogP contribution in [0.5, 0.6) is 0 Å². The summed E-state index contributed by atoms with van der Waals surface area (Å²) in [5.74, 6) is 1.83. The zero-order valence-corrected chi connectivity index (χ0v) is 6.02. The first-order valence-electron chi connectivity index (χ1n) is 3.38. The maximum Gasteiger partial charge on any atom is 0.000711 e. The van der Waals surface area contributed by atoms with Crippen molar-refractivity contribution in [2.45, 2.75) is 13.8 Å². The van der Waals surface area contributed by atoms with Crippen molar-refractivity contribution in [1.29, 1.82) is 0 Å². The summed E-state index contributed by atoms with van der Waals surface area (Å²) < 4.78 is 0. The zero-order valence-electron chi connectivity index (χ0n) is 6.02. The topological polar surface area (TPSA) is 3.24 Å². The van der Waals surface area contributed by atoms with Crippen LogP contribution in [0.1, 0.15) is 13.8 Å². The fraction of sp³-hybridized carbons (Fsp3) is 1.00. The molecule has 0 bridgehead atoms. The minimum atomic E-state index is 0.917. The highest BCUT2D eigenvalue weighted by Gasteiger charge is 2.22. The first-order valence-corrected chi connectivity index (χ1v) is 3.38. The molecule has 2 atom stereocenters. The first-order chi connectivity index (χ1) is 3.70. The van der Waals surface area contributed by atoms with Crippen molar-refractivity contribution in [1.82, 2.24) is 4.90 Å². The average molecular weight is 113 g/mol. The summed E-state index contributed by atoms with van der Waals surface area (Å²) >= 11 is 0. The summed E-state index contributed by atoms with van der Waals surface area (Å²) in [4.78, 5) is 2.40. The SMILES string of the molecule is C[C@@H]1CN(C)C[C@H]1C. The summed E-state index contributed by atoms with van der Waals surface area (Å²) in [7, 11) is 2.19. The van der Waals surface area contributed by atoms with E-state index in [0.717, 1.165) is 11.8 Å². The average Bonchev–Trinajstić information content (AvgIpc) is 1.85. The molecule has 0 amide bonds. The summed E-state index contributed by atoms with van der Waals surface area (Å²) in [6.07, 6.45) is 0. The Morgan fingerprint density at radius 3 is 1.62 bits per heavy atom. The zero-order chi connectivity index (χ0) is 6.15. The third-order valence-electron chi connectivity index (χ3n) is 2.17. The van der Waals surface area contributed by atoms with Crippen molar-refractivity contribution in [2.24, 2.45) is 11.8 Å². The number of hydrogen-bond acceptors (Lipinski definition) is 1. The third-order valence-corrected chi connectivity index (χ3v) is 2.17. The van der Waals surface area contributed by atoms with Gasteiger partial charge in [0.2, 0.25) is 0 Å². The standard InChI is InChI=1S/C7H15N/c1-6-4-8(3)5-7(6)2/h6-7H,4-5H2,1-3H3/t6-,7-/m1/s1. The monoisotopic (exact) mass is 113 g/mol. The maximum atomic E-state index is 2.40. The van der Waals surface area contributed by atoms with Crippen molar-refractivity contribution in [3.63, 3.8) is 0 Å². The fourth-order valence-electron chi connectivity index (χ4n) is 1.42. The van der Waals surface area contributed by atoms with Gasteiger partial charge in [0, 0.05) is 13.1 Å². The van der Waals surface area contributed by atoms with Crippen LogP contribution in [0.3, 0.4) is 0 Å². The highest BCUT2D eigenvalue weighted by Crippen LogP contribution is 2.19. The summed E-state index contributed by atoms with van der Waals surface area (Å²) in [5.41, 5.74) is 0. The molecule has 1 rings (SSSR count). The largest absolute Gasteiger partial charge is 0.306 e. The molecule has 0 aromatic carbocycles. The van der Waals surface area contributed by atoms with Gasteiger partial charge in [-0.05, 0) is 18.9 Å². The van der Waals surface area contributed by atoms with Crippen LogP contribution in [-0.4, -0.2) is 25.0 Å². The van der Waals surface area contributed by atoms with Crippen molar-refractivity contribution in [3.8, 4) is 0 Å². The number of hydrogen-bond donors (Lipinski definition) is 0. The maximum absolute atomic E-state index is 2.40. The van der Waals surface area contributed by atoms with Gasteiger partial charge in [0.25, 0.3) is 0 Å². The molecule has 0 saturated carbocycles. The number of rotatable bonds is 0. The van der Waals surface area contributed by atoms with E-state index in [1.807, 2.05) is 0 Å². The molecule has 0 unspecified atom stereocenters. The van der Waals surface area contributed by atoms with Gasteiger partial charge in [-0.15, -0.1) is 0 Å². The van der Waals surface area contributed by atoms with Crippen molar-refractivity contribution in [2.75, 3.05) is 20.1 Å². The van der Waals surface area contributed by atoms with E-state index in [1.54, 1.807) is 0 Å². The molecule has 0 aromatic heterocycles. The van der Waals surface area contributed by atoms with Crippen LogP contribution in [0.25, 0.3) is 0 Å². The molecule has 1 saturated heterocycles. The molecular weight excluding hydrogens is 98.1 g/mol. The van der Waals surface area contributed by atoms with Crippen LogP contribution in [0.4, 0.5) is 0 Å². The Balaban J connectivity index is 2.39. The molecule has 1 aliphatic rings. The molecule has 1 aliphatic heterocycles. The second-order valence-corrected chi connectivity index (χ2v) is 3.18. The van der Waals surface area contributed by atoms with Gasteiger partial charge in [-0.25, -0.2) is 0 Å².